The summed E-state index contributed by atoms with van der Waals surface area (Å²) >= 11 is 0. The van der Waals surface area contributed by atoms with Crippen LogP contribution in [0.1, 0.15) is 22.0 Å². The zero-order valence-corrected chi connectivity index (χ0v) is 11.4. The summed E-state index contributed by atoms with van der Waals surface area (Å²) < 4.78 is 13.0. The molecule has 1 amide bonds. The molecule has 0 aliphatic carbocycles. The Morgan fingerprint density at radius 3 is 2.14 bits per heavy atom. The van der Waals surface area contributed by atoms with Crippen LogP contribution in [-0.2, 0) is 4.79 Å². The van der Waals surface area contributed by atoms with Gasteiger partial charge in [-0.1, -0.05) is 30.3 Å². The van der Waals surface area contributed by atoms with Crippen LogP contribution < -0.4 is 5.32 Å². The molecule has 0 unspecified atom stereocenters. The predicted octanol–water partition coefficient (Wildman–Crippen LogP) is 1.74. The first kappa shape index (κ1) is 15.7. The average Bonchev–Trinajstić information content (AvgIpc) is 2.53. The lowest BCUT2D eigenvalue weighted by molar-refractivity contribution is -0.148. The molecule has 2 atom stereocenters. The summed E-state index contributed by atoms with van der Waals surface area (Å²) in [4.78, 5) is 23.2. The molecule has 0 saturated heterocycles. The Hall–Kier alpha value is -2.73. The Bertz CT molecular complexity index is 658. The number of aliphatic hydroxyl groups excluding tert-OH is 1. The molecule has 5 nitrogen and oxygen atoms in total. The van der Waals surface area contributed by atoms with Gasteiger partial charge in [0, 0.05) is 5.56 Å². The van der Waals surface area contributed by atoms with E-state index in [-0.39, 0.29) is 0 Å². The van der Waals surface area contributed by atoms with Crippen molar-refractivity contribution in [2.45, 2.75) is 12.1 Å². The fourth-order valence-corrected chi connectivity index (χ4v) is 1.97. The van der Waals surface area contributed by atoms with E-state index >= 15 is 0 Å². The van der Waals surface area contributed by atoms with Crippen molar-refractivity contribution < 1.29 is 24.2 Å². The lowest BCUT2D eigenvalue weighted by Crippen LogP contribution is -2.40. The first-order valence-corrected chi connectivity index (χ1v) is 6.51. The fourth-order valence-electron chi connectivity index (χ4n) is 1.97. The van der Waals surface area contributed by atoms with Crippen molar-refractivity contribution in [2.75, 3.05) is 0 Å². The van der Waals surface area contributed by atoms with Gasteiger partial charge >= 0.3 is 5.97 Å². The molecule has 2 aromatic carbocycles. The first-order chi connectivity index (χ1) is 10.5. The summed E-state index contributed by atoms with van der Waals surface area (Å²) in [7, 11) is 0. The second-order valence-electron chi connectivity index (χ2n) is 4.65. The summed E-state index contributed by atoms with van der Waals surface area (Å²) in [5, 5.41) is 21.2. The van der Waals surface area contributed by atoms with Crippen molar-refractivity contribution >= 4 is 11.9 Å². The van der Waals surface area contributed by atoms with Gasteiger partial charge in [0.2, 0.25) is 0 Å². The number of nitrogens with one attached hydrogen (secondary N) is 1. The third-order valence-electron chi connectivity index (χ3n) is 3.12. The minimum atomic E-state index is -1.85. The molecule has 0 heterocycles. The largest absolute Gasteiger partial charge is 0.479 e. The molecule has 114 valence electrons. The highest BCUT2D eigenvalue weighted by Crippen LogP contribution is 2.19. The summed E-state index contributed by atoms with van der Waals surface area (Å²) in [6.07, 6.45) is -1.85. The molecule has 0 aromatic heterocycles. The Morgan fingerprint density at radius 2 is 1.59 bits per heavy atom. The molecular formula is C16H14FNO4. The normalized spacial score (nSPS) is 13.2. The van der Waals surface area contributed by atoms with Crippen LogP contribution in [0.2, 0.25) is 0 Å². The maximum Gasteiger partial charge on any atom is 0.335 e. The lowest BCUT2D eigenvalue weighted by atomic mass is 10.0. The second-order valence-corrected chi connectivity index (χ2v) is 4.65. The van der Waals surface area contributed by atoms with E-state index < -0.39 is 29.8 Å². The van der Waals surface area contributed by atoms with Crippen molar-refractivity contribution in [1.82, 2.24) is 5.32 Å². The van der Waals surface area contributed by atoms with Crippen molar-refractivity contribution in [3.8, 4) is 0 Å². The number of carbonyl (C=O) groups is 2. The number of carboxylic acids is 1. The second kappa shape index (κ2) is 6.82. The predicted molar refractivity (Wildman–Crippen MR) is 76.7 cm³/mol. The molecule has 6 heteroatoms. The third kappa shape index (κ3) is 3.67. The number of rotatable bonds is 5. The molecule has 2 aromatic rings. The van der Waals surface area contributed by atoms with Crippen molar-refractivity contribution in [3.05, 3.63) is 71.5 Å². The number of carboxylic acid groups (broad SMARTS) is 1. The molecule has 22 heavy (non-hydrogen) atoms. The number of halogens is 1. The highest BCUT2D eigenvalue weighted by atomic mass is 19.1. The smallest absolute Gasteiger partial charge is 0.335 e. The average molecular weight is 303 g/mol. The molecule has 0 aliphatic rings. The van der Waals surface area contributed by atoms with Gasteiger partial charge in [-0.25, -0.2) is 9.18 Å². The minimum absolute atomic E-state index is 0.292. The van der Waals surface area contributed by atoms with E-state index in [1.165, 1.54) is 12.1 Å². The van der Waals surface area contributed by atoms with E-state index in [0.29, 0.717) is 11.1 Å². The molecule has 2 rings (SSSR count). The highest BCUT2D eigenvalue weighted by Gasteiger charge is 2.29. The molecule has 0 radical (unpaired) electrons. The quantitative estimate of drug-likeness (QED) is 0.785. The van der Waals surface area contributed by atoms with Gasteiger partial charge < -0.3 is 15.5 Å². The topological polar surface area (TPSA) is 86.6 Å². The number of aliphatic hydroxyl groups is 1. The van der Waals surface area contributed by atoms with Gasteiger partial charge in [0.15, 0.2) is 6.10 Å². The van der Waals surface area contributed by atoms with E-state index in [0.717, 1.165) is 12.1 Å². The van der Waals surface area contributed by atoms with Crippen LogP contribution in [0.4, 0.5) is 4.39 Å². The monoisotopic (exact) mass is 303 g/mol. The molecule has 0 saturated carbocycles. The van der Waals surface area contributed by atoms with Gasteiger partial charge in [0.1, 0.15) is 5.82 Å². The SMILES string of the molecule is O=C(N[C@@H](c1ccc(F)cc1)[C@H](O)C(=O)O)c1ccccc1. The summed E-state index contributed by atoms with van der Waals surface area (Å²) in [6, 6.07) is 11.9. The molecule has 3 N–H and O–H groups in total. The number of aliphatic carboxylic acids is 1. The van der Waals surface area contributed by atoms with Crippen molar-refractivity contribution in [2.24, 2.45) is 0 Å². The molecule has 0 fully saturated rings. The highest BCUT2D eigenvalue weighted by molar-refractivity contribution is 5.94. The number of benzene rings is 2. The van der Waals surface area contributed by atoms with Gasteiger partial charge in [-0.2, -0.15) is 0 Å². The number of amides is 1. The lowest BCUT2D eigenvalue weighted by Gasteiger charge is -2.22. The van der Waals surface area contributed by atoms with E-state index in [4.69, 9.17) is 5.11 Å². The Morgan fingerprint density at radius 1 is 1.00 bits per heavy atom. The van der Waals surface area contributed by atoms with Crippen LogP contribution >= 0.6 is 0 Å². The number of hydrogen-bond acceptors (Lipinski definition) is 3. The Balaban J connectivity index is 2.27. The molecule has 0 bridgehead atoms. The summed E-state index contributed by atoms with van der Waals surface area (Å²) in [5.41, 5.74) is 0.618. The van der Waals surface area contributed by atoms with Crippen LogP contribution in [0.15, 0.2) is 54.6 Å². The van der Waals surface area contributed by atoms with E-state index in [1.54, 1.807) is 30.3 Å². The maximum atomic E-state index is 13.0. The minimum Gasteiger partial charge on any atom is -0.479 e. The van der Waals surface area contributed by atoms with Crippen LogP contribution in [0.5, 0.6) is 0 Å². The van der Waals surface area contributed by atoms with Crippen LogP contribution in [-0.4, -0.2) is 28.2 Å². The van der Waals surface area contributed by atoms with Gasteiger partial charge in [0.25, 0.3) is 5.91 Å². The zero-order valence-electron chi connectivity index (χ0n) is 11.4. The number of hydrogen-bond donors (Lipinski definition) is 3. The molecular weight excluding hydrogens is 289 g/mol. The zero-order chi connectivity index (χ0) is 16.1. The van der Waals surface area contributed by atoms with Crippen LogP contribution in [0.25, 0.3) is 0 Å². The number of carbonyl (C=O) groups excluding carboxylic acids is 1. The van der Waals surface area contributed by atoms with Gasteiger partial charge in [-0.15, -0.1) is 0 Å². The van der Waals surface area contributed by atoms with Gasteiger partial charge in [-0.05, 0) is 29.8 Å². The van der Waals surface area contributed by atoms with Gasteiger partial charge in [-0.3, -0.25) is 4.79 Å². The van der Waals surface area contributed by atoms with Crippen LogP contribution in [0, 0.1) is 5.82 Å². The molecule has 0 spiro atoms. The third-order valence-corrected chi connectivity index (χ3v) is 3.12. The van der Waals surface area contributed by atoms with Crippen LogP contribution in [0.3, 0.4) is 0 Å². The first-order valence-electron chi connectivity index (χ1n) is 6.51. The van der Waals surface area contributed by atoms with E-state index in [1.807, 2.05) is 0 Å². The maximum absolute atomic E-state index is 13.0. The van der Waals surface area contributed by atoms with Crippen molar-refractivity contribution in [3.63, 3.8) is 0 Å². The standard InChI is InChI=1S/C16H14FNO4/c17-12-8-6-10(7-9-12)13(14(19)16(21)22)18-15(20)11-4-2-1-3-5-11/h1-9,13-14,19H,(H,18,20)(H,21,22)/t13-,14-/m0/s1. The summed E-state index contributed by atoms with van der Waals surface area (Å²) in [5.74, 6) is -2.51. The summed E-state index contributed by atoms with van der Waals surface area (Å²) in [6.45, 7) is 0. The van der Waals surface area contributed by atoms with Crippen molar-refractivity contribution in [1.29, 1.82) is 0 Å². The van der Waals surface area contributed by atoms with Gasteiger partial charge in [0.05, 0.1) is 6.04 Å². The molecule has 0 aliphatic heterocycles. The van der Waals surface area contributed by atoms with E-state index in [9.17, 15) is 19.1 Å². The Labute approximate surface area is 126 Å². The Kier molecular flexibility index (Phi) is 4.85. The van der Waals surface area contributed by atoms with E-state index in [2.05, 4.69) is 5.32 Å². The fraction of sp³-hybridized carbons (Fsp3) is 0.125.